The number of fused-ring (bicyclic) bond motifs is 8. The van der Waals surface area contributed by atoms with Crippen molar-refractivity contribution in [1.82, 2.24) is 9.97 Å². The van der Waals surface area contributed by atoms with Crippen LogP contribution < -0.4 is 9.47 Å². The first-order chi connectivity index (χ1) is 19.1. The van der Waals surface area contributed by atoms with Gasteiger partial charge < -0.3 is 9.47 Å². The molecule has 4 bridgehead atoms. The van der Waals surface area contributed by atoms with Crippen LogP contribution in [0, 0.1) is 13.8 Å². The Kier molecular flexibility index (Phi) is 7.17. The largest absolute Gasteiger partial charge is 0.422 e. The predicted molar refractivity (Wildman–Crippen MR) is 168 cm³/mol. The summed E-state index contributed by atoms with van der Waals surface area (Å²) in [5.41, 5.74) is 7.02. The molecule has 0 radical (unpaired) electrons. The third-order valence-electron chi connectivity index (χ3n) is 7.77. The van der Waals surface area contributed by atoms with Gasteiger partial charge in [-0.2, -0.15) is 0 Å². The highest BCUT2D eigenvalue weighted by molar-refractivity contribution is 7.98. The van der Waals surface area contributed by atoms with Crippen molar-refractivity contribution in [2.24, 2.45) is 0 Å². The molecule has 0 atom stereocenters. The van der Waals surface area contributed by atoms with Gasteiger partial charge in [-0.3, -0.25) is 9.59 Å². The third kappa shape index (κ3) is 5.32. The highest BCUT2D eigenvalue weighted by Crippen LogP contribution is 2.45. The van der Waals surface area contributed by atoms with E-state index in [1.165, 1.54) is 13.8 Å². The van der Waals surface area contributed by atoms with Crippen molar-refractivity contribution < 1.29 is 19.1 Å². The van der Waals surface area contributed by atoms with Gasteiger partial charge in [-0.05, 0) is 71.2 Å². The number of carbonyl (C=O) groups is 2. The lowest BCUT2D eigenvalue weighted by atomic mass is 9.83. The monoisotopic (exact) mass is 570 g/mol. The lowest BCUT2D eigenvalue weighted by Crippen LogP contribution is -2.13. The second kappa shape index (κ2) is 10.1. The highest BCUT2D eigenvalue weighted by Gasteiger charge is 2.26. The van der Waals surface area contributed by atoms with Crippen molar-refractivity contribution in [2.75, 3.05) is 0 Å². The number of thioether (sulfide) groups is 1. The van der Waals surface area contributed by atoms with Crippen LogP contribution in [-0.4, -0.2) is 21.9 Å². The quantitative estimate of drug-likeness (QED) is 0.224. The number of aromatic nitrogens is 2. The zero-order chi connectivity index (χ0) is 30.0. The summed E-state index contributed by atoms with van der Waals surface area (Å²) in [6.45, 7) is 19.6. The Morgan fingerprint density at radius 2 is 1.00 bits per heavy atom. The zero-order valence-corrected chi connectivity index (χ0v) is 26.5. The van der Waals surface area contributed by atoms with Crippen molar-refractivity contribution in [3.8, 4) is 11.5 Å². The van der Waals surface area contributed by atoms with Gasteiger partial charge in [0.15, 0.2) is 11.5 Å². The maximum absolute atomic E-state index is 12.6. The SMILES string of the molecule is CC(=O)Oc1c(OC(C)=O)c2cc(C(C)(C)C)cc(c2C)c2nc3c(nc2c2cc(C(C)(C)C)cc1c2C)CSC3. The molecular formula is C34H38N2O4S. The van der Waals surface area contributed by atoms with Crippen molar-refractivity contribution in [1.29, 1.82) is 0 Å². The number of rotatable bonds is 2. The van der Waals surface area contributed by atoms with Crippen LogP contribution >= 0.6 is 11.8 Å². The lowest BCUT2D eigenvalue weighted by Gasteiger charge is -2.24. The van der Waals surface area contributed by atoms with Gasteiger partial charge in [0.25, 0.3) is 0 Å². The molecule has 6 nitrogen and oxygen atoms in total. The van der Waals surface area contributed by atoms with Crippen LogP contribution in [0.15, 0.2) is 24.3 Å². The molecule has 0 fully saturated rings. The average molecular weight is 571 g/mol. The van der Waals surface area contributed by atoms with E-state index >= 15 is 0 Å². The van der Waals surface area contributed by atoms with Crippen molar-refractivity contribution in [2.45, 2.75) is 91.6 Å². The molecule has 0 spiro atoms. The van der Waals surface area contributed by atoms with Gasteiger partial charge in [0.2, 0.25) is 0 Å². The number of aryl methyl sites for hydroxylation is 2. The second-order valence-corrected chi connectivity index (χ2v) is 14.0. The normalized spacial score (nSPS) is 13.5. The van der Waals surface area contributed by atoms with Crippen LogP contribution in [0.3, 0.4) is 0 Å². The molecule has 0 saturated carbocycles. The molecule has 0 unspecified atom stereocenters. The van der Waals surface area contributed by atoms with Gasteiger partial charge in [-0.15, -0.1) is 11.8 Å². The molecule has 4 aromatic rings. The standard InChI is InChI=1S/C34H38N2O4S/c1-17-23-11-21(33(5,6)7)13-25(17)31(39-19(3)37)32(40-20(4)38)26-14-22(34(8,9)10)12-24(18(26)2)30-29(23)35-27-15-41-16-28(27)36-30/h11-14H,15-16H2,1-10H3. The first-order valence-electron chi connectivity index (χ1n) is 14.0. The fourth-order valence-corrected chi connectivity index (χ4v) is 6.30. The summed E-state index contributed by atoms with van der Waals surface area (Å²) in [4.78, 5) is 35.8. The maximum Gasteiger partial charge on any atom is 0.308 e. The van der Waals surface area contributed by atoms with E-state index in [4.69, 9.17) is 19.4 Å². The summed E-state index contributed by atoms with van der Waals surface area (Å²) in [6.07, 6.45) is 0. The number of hydrogen-bond acceptors (Lipinski definition) is 7. The minimum atomic E-state index is -0.497. The molecule has 2 heterocycles. The van der Waals surface area contributed by atoms with Gasteiger partial charge in [-0.25, -0.2) is 9.97 Å². The summed E-state index contributed by atoms with van der Waals surface area (Å²) >= 11 is 1.82. The van der Waals surface area contributed by atoms with Gasteiger partial charge in [-0.1, -0.05) is 41.5 Å². The lowest BCUT2D eigenvalue weighted by molar-refractivity contribution is -0.134. The Labute approximate surface area is 245 Å². The number of benzene rings is 2. The van der Waals surface area contributed by atoms with Crippen molar-refractivity contribution in [3.63, 3.8) is 0 Å². The molecule has 1 aliphatic rings. The Morgan fingerprint density at radius 3 is 1.32 bits per heavy atom. The maximum atomic E-state index is 12.6. The number of hydrogen-bond donors (Lipinski definition) is 0. The molecule has 7 heteroatoms. The Balaban J connectivity index is 2.23. The predicted octanol–water partition coefficient (Wildman–Crippen LogP) is 8.31. The number of carbonyl (C=O) groups excluding carboxylic acids is 2. The molecule has 1 aromatic heterocycles. The zero-order valence-electron chi connectivity index (χ0n) is 25.7. The molecule has 3 aromatic carbocycles. The fraction of sp³-hybridized carbons (Fsp3) is 0.412. The van der Waals surface area contributed by atoms with Crippen molar-refractivity contribution >= 4 is 56.3 Å². The summed E-state index contributed by atoms with van der Waals surface area (Å²) in [6, 6.07) is 8.46. The van der Waals surface area contributed by atoms with E-state index in [-0.39, 0.29) is 22.3 Å². The Hall–Kier alpha value is -3.45. The molecule has 214 valence electrons. The molecular weight excluding hydrogens is 532 g/mol. The van der Waals surface area contributed by atoms with E-state index in [1.54, 1.807) is 0 Å². The van der Waals surface area contributed by atoms with Gasteiger partial charge in [0.05, 0.1) is 22.4 Å². The third-order valence-corrected chi connectivity index (χ3v) is 8.73. The number of nitrogens with zero attached hydrogens (tertiary/aromatic N) is 2. The Morgan fingerprint density at radius 1 is 0.659 bits per heavy atom. The number of esters is 2. The van der Waals surface area contributed by atoms with E-state index < -0.39 is 11.9 Å². The molecule has 41 heavy (non-hydrogen) atoms. The fourth-order valence-electron chi connectivity index (χ4n) is 5.35. The van der Waals surface area contributed by atoms with Gasteiger partial charge in [0, 0.05) is 46.9 Å². The van der Waals surface area contributed by atoms with Crippen LogP contribution in [0.25, 0.3) is 32.6 Å². The van der Waals surface area contributed by atoms with Crippen LogP contribution in [0.1, 0.15) is 89.0 Å². The Bertz CT molecular complexity index is 1680. The van der Waals surface area contributed by atoms with E-state index in [9.17, 15) is 9.59 Å². The summed E-state index contributed by atoms with van der Waals surface area (Å²) in [5.74, 6) is 1.10. The van der Waals surface area contributed by atoms with Crippen LogP contribution in [0.4, 0.5) is 0 Å². The summed E-state index contributed by atoms with van der Waals surface area (Å²) in [5, 5.41) is 3.21. The molecule has 0 saturated heterocycles. The van der Waals surface area contributed by atoms with Crippen LogP contribution in [-0.2, 0) is 31.9 Å². The van der Waals surface area contributed by atoms with E-state index in [2.05, 4.69) is 53.7 Å². The van der Waals surface area contributed by atoms with E-state index in [0.29, 0.717) is 10.8 Å². The first kappa shape index (κ1) is 29.1. The second-order valence-electron chi connectivity index (χ2n) is 13.0. The van der Waals surface area contributed by atoms with E-state index in [1.807, 2.05) is 37.7 Å². The van der Waals surface area contributed by atoms with E-state index in [0.717, 1.165) is 67.0 Å². The highest BCUT2D eigenvalue weighted by atomic mass is 32.2. The average Bonchev–Trinajstić information content (AvgIpc) is 3.31. The minimum Gasteiger partial charge on any atom is -0.422 e. The van der Waals surface area contributed by atoms with Crippen LogP contribution in [0.2, 0.25) is 0 Å². The summed E-state index contributed by atoms with van der Waals surface area (Å²) in [7, 11) is 0. The van der Waals surface area contributed by atoms with Crippen LogP contribution in [0.5, 0.6) is 11.5 Å². The minimum absolute atomic E-state index is 0.228. The first-order valence-corrected chi connectivity index (χ1v) is 15.1. The van der Waals surface area contributed by atoms with Gasteiger partial charge in [0.1, 0.15) is 0 Å². The summed E-state index contributed by atoms with van der Waals surface area (Å²) < 4.78 is 12.0. The molecule has 0 amide bonds. The van der Waals surface area contributed by atoms with Gasteiger partial charge >= 0.3 is 11.9 Å². The van der Waals surface area contributed by atoms with Crippen molar-refractivity contribution in [3.05, 3.63) is 57.9 Å². The molecule has 1 aliphatic heterocycles. The molecule has 0 aliphatic carbocycles. The smallest absolute Gasteiger partial charge is 0.308 e. The topological polar surface area (TPSA) is 78.4 Å². The molecule has 5 rings (SSSR count). The number of ether oxygens (including phenoxy) is 2. The molecule has 0 N–H and O–H groups in total.